The third-order valence-electron chi connectivity index (χ3n) is 5.62. The van der Waals surface area contributed by atoms with Crippen molar-refractivity contribution < 1.29 is 55.1 Å². The van der Waals surface area contributed by atoms with Gasteiger partial charge in [0.2, 0.25) is 6.29 Å². The van der Waals surface area contributed by atoms with E-state index in [1.165, 1.54) is 37.4 Å². The van der Waals surface area contributed by atoms with E-state index in [9.17, 15) is 40.9 Å². The molecule has 7 atom stereocenters. The van der Waals surface area contributed by atoms with Crippen molar-refractivity contribution in [3.05, 3.63) is 47.5 Å². The molecule has 3 rings (SSSR count). The van der Waals surface area contributed by atoms with Crippen LogP contribution in [0.2, 0.25) is 0 Å². The smallest absolute Gasteiger partial charge is 0.229 e. The van der Waals surface area contributed by atoms with Crippen LogP contribution in [0.3, 0.4) is 0 Å². The molecule has 8 N–H and O–H groups in total. The van der Waals surface area contributed by atoms with Crippen LogP contribution in [0.4, 0.5) is 0 Å². The van der Waals surface area contributed by atoms with E-state index < -0.39 is 55.9 Å². The van der Waals surface area contributed by atoms with Gasteiger partial charge in [-0.3, -0.25) is 0 Å². The highest BCUT2D eigenvalue weighted by Gasteiger charge is 2.44. The molecule has 0 unspecified atom stereocenters. The number of ether oxygens (including phenoxy) is 3. The normalized spacial score (nSPS) is 27.1. The van der Waals surface area contributed by atoms with Gasteiger partial charge >= 0.3 is 0 Å². The van der Waals surface area contributed by atoms with Crippen molar-refractivity contribution >= 4 is 0 Å². The summed E-state index contributed by atoms with van der Waals surface area (Å²) >= 11 is 0. The van der Waals surface area contributed by atoms with Crippen LogP contribution >= 0.6 is 0 Å². The lowest BCUT2D eigenvalue weighted by Crippen LogP contribution is -2.60. The van der Waals surface area contributed by atoms with Gasteiger partial charge in [-0.15, -0.1) is 0 Å². The third-order valence-corrected chi connectivity index (χ3v) is 5.62. The van der Waals surface area contributed by atoms with E-state index in [1.807, 2.05) is 0 Å². The average Bonchev–Trinajstić information content (AvgIpc) is 2.80. The van der Waals surface area contributed by atoms with Crippen LogP contribution in [0.25, 0.3) is 0 Å². The first-order valence-corrected chi connectivity index (χ1v) is 10.2. The molecule has 0 bridgehead atoms. The summed E-state index contributed by atoms with van der Waals surface area (Å²) in [4.78, 5) is 0. The van der Waals surface area contributed by atoms with Crippen LogP contribution < -0.4 is 9.47 Å². The zero-order valence-corrected chi connectivity index (χ0v) is 17.7. The van der Waals surface area contributed by atoms with Crippen molar-refractivity contribution in [3.8, 4) is 23.0 Å². The minimum atomic E-state index is -1.60. The van der Waals surface area contributed by atoms with Crippen LogP contribution in [-0.2, 0) is 4.74 Å². The predicted molar refractivity (Wildman–Crippen MR) is 112 cm³/mol. The first kappa shape index (κ1) is 25.0. The SMILES string of the molecule is COc1cc(O[C@@H]2O[C@H](CO)[C@@H](O)[C@H](O)[C@H]2O)ccc1[C@H](O)[C@H](CO)c1ccc(O)cc1O. The number of aliphatic hydroxyl groups excluding tert-OH is 6. The lowest BCUT2D eigenvalue weighted by Gasteiger charge is -2.39. The second kappa shape index (κ2) is 10.5. The maximum atomic E-state index is 10.9. The van der Waals surface area contributed by atoms with E-state index in [0.29, 0.717) is 0 Å². The van der Waals surface area contributed by atoms with E-state index in [-0.39, 0.29) is 34.1 Å². The van der Waals surface area contributed by atoms with E-state index in [4.69, 9.17) is 14.2 Å². The van der Waals surface area contributed by atoms with Gasteiger partial charge in [0.05, 0.1) is 26.4 Å². The fourth-order valence-corrected chi connectivity index (χ4v) is 3.74. The van der Waals surface area contributed by atoms with Crippen LogP contribution in [-0.4, -0.2) is 91.9 Å². The predicted octanol–water partition coefficient (Wildman–Crippen LogP) is -0.905. The summed E-state index contributed by atoms with van der Waals surface area (Å²) in [5.41, 5.74) is 0.469. The number of aliphatic hydroxyl groups is 6. The first-order valence-electron chi connectivity index (χ1n) is 10.2. The molecule has 0 spiro atoms. The Morgan fingerprint density at radius 3 is 2.24 bits per heavy atom. The lowest BCUT2D eigenvalue weighted by atomic mass is 9.88. The van der Waals surface area contributed by atoms with Crippen molar-refractivity contribution in [2.75, 3.05) is 20.3 Å². The largest absolute Gasteiger partial charge is 0.508 e. The standard InChI is InChI=1S/C22H28O11/c1-31-16-7-11(32-22-21(30)20(29)19(28)17(9-24)33-22)3-5-13(16)18(27)14(8-23)12-4-2-10(25)6-15(12)26/h2-7,14,17-30H,8-9H2,1H3/t14-,17-,18+,19-,20+,21-,22-/m1/s1. The second-order valence-electron chi connectivity index (χ2n) is 7.70. The molecule has 11 heteroatoms. The van der Waals surface area contributed by atoms with E-state index in [2.05, 4.69) is 0 Å². The highest BCUT2D eigenvalue weighted by molar-refractivity contribution is 5.46. The maximum absolute atomic E-state index is 10.9. The zero-order valence-electron chi connectivity index (χ0n) is 17.7. The van der Waals surface area contributed by atoms with Crippen LogP contribution in [0.1, 0.15) is 23.1 Å². The van der Waals surface area contributed by atoms with Gasteiger partial charge in [-0.2, -0.15) is 0 Å². The summed E-state index contributed by atoms with van der Waals surface area (Å²) in [6, 6.07) is 8.05. The molecule has 0 saturated carbocycles. The molecule has 33 heavy (non-hydrogen) atoms. The molecule has 1 aliphatic rings. The van der Waals surface area contributed by atoms with Crippen LogP contribution in [0.15, 0.2) is 36.4 Å². The number of rotatable bonds is 8. The van der Waals surface area contributed by atoms with Gasteiger partial charge < -0.3 is 55.1 Å². The van der Waals surface area contributed by atoms with Crippen molar-refractivity contribution in [2.24, 2.45) is 0 Å². The Kier molecular flexibility index (Phi) is 7.97. The summed E-state index contributed by atoms with van der Waals surface area (Å²) in [6.45, 7) is -1.13. The maximum Gasteiger partial charge on any atom is 0.229 e. The van der Waals surface area contributed by atoms with Crippen molar-refractivity contribution in [1.29, 1.82) is 0 Å². The molecule has 1 fully saturated rings. The molecular weight excluding hydrogens is 440 g/mol. The first-order chi connectivity index (χ1) is 15.7. The summed E-state index contributed by atoms with van der Waals surface area (Å²) in [7, 11) is 1.34. The average molecular weight is 468 g/mol. The molecule has 1 aliphatic heterocycles. The van der Waals surface area contributed by atoms with Gasteiger partial charge in [-0.25, -0.2) is 0 Å². The molecule has 0 aliphatic carbocycles. The van der Waals surface area contributed by atoms with E-state index in [0.717, 1.165) is 6.07 Å². The summed E-state index contributed by atoms with van der Waals surface area (Å²) < 4.78 is 16.2. The van der Waals surface area contributed by atoms with Gasteiger partial charge in [0.25, 0.3) is 0 Å². The number of benzene rings is 2. The summed E-state index contributed by atoms with van der Waals surface area (Å²) in [5.74, 6) is -1.14. The molecule has 2 aromatic rings. The highest BCUT2D eigenvalue weighted by Crippen LogP contribution is 2.41. The Labute approximate surface area is 189 Å². The topological polar surface area (TPSA) is 190 Å². The summed E-state index contributed by atoms with van der Waals surface area (Å²) in [6.07, 6.45) is -8.59. The monoisotopic (exact) mass is 468 g/mol. The zero-order chi connectivity index (χ0) is 24.3. The van der Waals surface area contributed by atoms with Gasteiger partial charge in [0.1, 0.15) is 47.4 Å². The van der Waals surface area contributed by atoms with Gasteiger partial charge in [0, 0.05) is 29.2 Å². The molecule has 0 amide bonds. The molecule has 1 heterocycles. The minimum Gasteiger partial charge on any atom is -0.508 e. The molecule has 11 nitrogen and oxygen atoms in total. The fraction of sp³-hybridized carbons (Fsp3) is 0.455. The number of hydrogen-bond donors (Lipinski definition) is 8. The summed E-state index contributed by atoms with van der Waals surface area (Å²) in [5, 5.41) is 79.6. The second-order valence-corrected chi connectivity index (χ2v) is 7.70. The molecule has 182 valence electrons. The van der Waals surface area contributed by atoms with Crippen LogP contribution in [0, 0.1) is 0 Å². The Hall–Kier alpha value is -2.64. The molecular formula is C22H28O11. The van der Waals surface area contributed by atoms with E-state index >= 15 is 0 Å². The van der Waals surface area contributed by atoms with Crippen molar-refractivity contribution in [2.45, 2.75) is 42.7 Å². The molecule has 0 aromatic heterocycles. The Bertz CT molecular complexity index is 935. The van der Waals surface area contributed by atoms with Crippen molar-refractivity contribution in [1.82, 2.24) is 0 Å². The van der Waals surface area contributed by atoms with Gasteiger partial charge in [0.15, 0.2) is 0 Å². The van der Waals surface area contributed by atoms with Gasteiger partial charge in [-0.1, -0.05) is 6.07 Å². The third kappa shape index (κ3) is 5.14. The number of phenolic OH excluding ortho intramolecular Hbond substituents is 2. The Morgan fingerprint density at radius 1 is 0.939 bits per heavy atom. The quantitative estimate of drug-likeness (QED) is 0.239. The van der Waals surface area contributed by atoms with Crippen molar-refractivity contribution in [3.63, 3.8) is 0 Å². The number of aromatic hydroxyl groups is 2. The minimum absolute atomic E-state index is 0.125. The molecule has 0 radical (unpaired) electrons. The molecule has 2 aromatic carbocycles. The highest BCUT2D eigenvalue weighted by atomic mass is 16.7. The molecule has 1 saturated heterocycles. The van der Waals surface area contributed by atoms with Crippen LogP contribution in [0.5, 0.6) is 23.0 Å². The van der Waals surface area contributed by atoms with Gasteiger partial charge in [-0.05, 0) is 18.2 Å². The number of methoxy groups -OCH3 is 1. The Balaban J connectivity index is 1.84. The van der Waals surface area contributed by atoms with E-state index in [1.54, 1.807) is 0 Å². The Morgan fingerprint density at radius 2 is 1.64 bits per heavy atom. The fourth-order valence-electron chi connectivity index (χ4n) is 3.74. The lowest BCUT2D eigenvalue weighted by molar-refractivity contribution is -0.277. The number of phenols is 2. The number of hydrogen-bond acceptors (Lipinski definition) is 11.